The second-order valence-electron chi connectivity index (χ2n) is 5.48. The number of thiazole rings is 1. The molecule has 1 aliphatic rings. The Balaban J connectivity index is 1.85. The Hall–Kier alpha value is -0.980. The van der Waals surface area contributed by atoms with Crippen LogP contribution in [0.4, 0.5) is 0 Å². The van der Waals surface area contributed by atoms with Crippen LogP contribution in [0.2, 0.25) is 0 Å². The van der Waals surface area contributed by atoms with E-state index in [-0.39, 0.29) is 5.91 Å². The molecule has 1 aliphatic heterocycles. The molecule has 1 aromatic rings. The van der Waals surface area contributed by atoms with Crippen molar-refractivity contribution < 1.29 is 4.79 Å². The van der Waals surface area contributed by atoms with Crippen molar-refractivity contribution in [1.29, 1.82) is 0 Å². The molecule has 0 radical (unpaired) electrons. The highest BCUT2D eigenvalue weighted by molar-refractivity contribution is 7.11. The number of aromatic nitrogens is 1. The zero-order valence-electron chi connectivity index (χ0n) is 11.6. The third-order valence-electron chi connectivity index (χ3n) is 3.84. The molecule has 0 spiro atoms. The Morgan fingerprint density at radius 3 is 2.84 bits per heavy atom. The highest BCUT2D eigenvalue weighted by Crippen LogP contribution is 2.25. The van der Waals surface area contributed by atoms with Crippen molar-refractivity contribution in [1.82, 2.24) is 15.3 Å². The SMILES string of the molecule is CC(C)C1CCN(Cc2csc(C(=O)NN)n2)CC1. The summed E-state index contributed by atoms with van der Waals surface area (Å²) in [7, 11) is 0. The molecule has 2 heterocycles. The molecule has 5 nitrogen and oxygen atoms in total. The molecular formula is C13H22N4OS. The molecule has 1 saturated heterocycles. The first-order valence-electron chi connectivity index (χ1n) is 6.78. The third-order valence-corrected chi connectivity index (χ3v) is 4.73. The monoisotopic (exact) mass is 282 g/mol. The number of carbonyl (C=O) groups excluding carboxylic acids is 1. The average Bonchev–Trinajstić information content (AvgIpc) is 2.87. The minimum absolute atomic E-state index is 0.310. The van der Waals surface area contributed by atoms with Gasteiger partial charge in [0, 0.05) is 11.9 Å². The number of nitrogen functional groups attached to an aromatic ring is 1. The van der Waals surface area contributed by atoms with Gasteiger partial charge in [-0.05, 0) is 37.8 Å². The van der Waals surface area contributed by atoms with Crippen LogP contribution in [0.3, 0.4) is 0 Å². The standard InChI is InChI=1S/C13H22N4OS/c1-9(2)10-3-5-17(6-4-10)7-11-8-19-13(15-11)12(18)16-14/h8-10H,3-7,14H2,1-2H3,(H,16,18). The van der Waals surface area contributed by atoms with Crippen molar-refractivity contribution in [2.24, 2.45) is 17.7 Å². The minimum atomic E-state index is -0.310. The molecule has 0 aliphatic carbocycles. The summed E-state index contributed by atoms with van der Waals surface area (Å²) >= 11 is 1.35. The molecular weight excluding hydrogens is 260 g/mol. The van der Waals surface area contributed by atoms with Crippen molar-refractivity contribution in [2.75, 3.05) is 13.1 Å². The van der Waals surface area contributed by atoms with Gasteiger partial charge in [0.2, 0.25) is 0 Å². The van der Waals surface area contributed by atoms with Crippen LogP contribution in [0.25, 0.3) is 0 Å². The molecule has 106 valence electrons. The molecule has 19 heavy (non-hydrogen) atoms. The zero-order chi connectivity index (χ0) is 13.8. The second kappa shape index (κ2) is 6.45. The smallest absolute Gasteiger partial charge is 0.294 e. The normalized spacial score (nSPS) is 17.9. The molecule has 0 atom stereocenters. The molecule has 2 rings (SSSR count). The maximum absolute atomic E-state index is 11.3. The number of likely N-dealkylation sites (tertiary alicyclic amines) is 1. The lowest BCUT2D eigenvalue weighted by molar-refractivity contribution is 0.0952. The highest BCUT2D eigenvalue weighted by Gasteiger charge is 2.22. The van der Waals surface area contributed by atoms with Crippen LogP contribution < -0.4 is 11.3 Å². The molecule has 0 saturated carbocycles. The van der Waals surface area contributed by atoms with Gasteiger partial charge < -0.3 is 0 Å². The topological polar surface area (TPSA) is 71.2 Å². The number of amides is 1. The maximum Gasteiger partial charge on any atom is 0.294 e. The van der Waals surface area contributed by atoms with E-state index in [1.807, 2.05) is 5.38 Å². The number of nitrogens with zero attached hydrogens (tertiary/aromatic N) is 2. The highest BCUT2D eigenvalue weighted by atomic mass is 32.1. The largest absolute Gasteiger partial charge is 0.297 e. The first kappa shape index (κ1) is 14.4. The van der Waals surface area contributed by atoms with E-state index in [9.17, 15) is 4.79 Å². The summed E-state index contributed by atoms with van der Waals surface area (Å²) in [6, 6.07) is 0. The number of nitrogens with two attached hydrogens (primary N) is 1. The maximum atomic E-state index is 11.3. The first-order valence-corrected chi connectivity index (χ1v) is 7.65. The van der Waals surface area contributed by atoms with Crippen molar-refractivity contribution >= 4 is 17.2 Å². The van der Waals surface area contributed by atoms with E-state index in [0.717, 1.165) is 37.2 Å². The van der Waals surface area contributed by atoms with E-state index in [4.69, 9.17) is 5.84 Å². The van der Waals surface area contributed by atoms with E-state index in [1.54, 1.807) is 0 Å². The average molecular weight is 282 g/mol. The summed E-state index contributed by atoms with van der Waals surface area (Å²) in [6.45, 7) is 7.69. The van der Waals surface area contributed by atoms with Gasteiger partial charge in [0.25, 0.3) is 5.91 Å². The number of carbonyl (C=O) groups is 1. The summed E-state index contributed by atoms with van der Waals surface area (Å²) in [5.74, 6) is 6.42. The lowest BCUT2D eigenvalue weighted by Crippen LogP contribution is -2.35. The van der Waals surface area contributed by atoms with Crippen LogP contribution >= 0.6 is 11.3 Å². The van der Waals surface area contributed by atoms with E-state index >= 15 is 0 Å². The summed E-state index contributed by atoms with van der Waals surface area (Å²) < 4.78 is 0. The number of piperidine rings is 1. The fourth-order valence-corrected chi connectivity index (χ4v) is 3.26. The van der Waals surface area contributed by atoms with Gasteiger partial charge in [-0.25, -0.2) is 10.8 Å². The third kappa shape index (κ3) is 3.75. The van der Waals surface area contributed by atoms with Gasteiger partial charge >= 0.3 is 0 Å². The summed E-state index contributed by atoms with van der Waals surface area (Å²) in [5, 5.41) is 2.38. The van der Waals surface area contributed by atoms with Gasteiger partial charge in [-0.1, -0.05) is 13.8 Å². The van der Waals surface area contributed by atoms with E-state index in [0.29, 0.717) is 5.01 Å². The number of hydrazine groups is 1. The molecule has 0 unspecified atom stereocenters. The Morgan fingerprint density at radius 2 is 2.26 bits per heavy atom. The van der Waals surface area contributed by atoms with Crippen molar-refractivity contribution in [3.05, 3.63) is 16.1 Å². The quantitative estimate of drug-likeness (QED) is 0.500. The Morgan fingerprint density at radius 1 is 1.58 bits per heavy atom. The predicted octanol–water partition coefficient (Wildman–Crippen LogP) is 1.61. The molecule has 6 heteroatoms. The van der Waals surface area contributed by atoms with Crippen LogP contribution in [-0.4, -0.2) is 28.9 Å². The van der Waals surface area contributed by atoms with E-state index in [1.165, 1.54) is 24.2 Å². The van der Waals surface area contributed by atoms with Gasteiger partial charge in [-0.15, -0.1) is 11.3 Å². The first-order chi connectivity index (χ1) is 9.10. The van der Waals surface area contributed by atoms with Crippen LogP contribution in [0.15, 0.2) is 5.38 Å². The number of hydrogen-bond donors (Lipinski definition) is 2. The van der Waals surface area contributed by atoms with Gasteiger partial charge in [-0.3, -0.25) is 15.1 Å². The van der Waals surface area contributed by atoms with Gasteiger partial charge in [0.15, 0.2) is 5.01 Å². The van der Waals surface area contributed by atoms with Crippen LogP contribution in [0.1, 0.15) is 42.2 Å². The Kier molecular flexibility index (Phi) is 4.90. The fourth-order valence-electron chi connectivity index (χ4n) is 2.55. The number of hydrogen-bond acceptors (Lipinski definition) is 5. The van der Waals surface area contributed by atoms with Gasteiger partial charge in [0.1, 0.15) is 0 Å². The van der Waals surface area contributed by atoms with E-state index in [2.05, 4.69) is 29.2 Å². The van der Waals surface area contributed by atoms with Crippen LogP contribution in [0.5, 0.6) is 0 Å². The van der Waals surface area contributed by atoms with E-state index < -0.39 is 0 Å². The molecule has 1 fully saturated rings. The number of rotatable bonds is 4. The second-order valence-corrected chi connectivity index (χ2v) is 6.33. The Bertz CT molecular complexity index is 424. The molecule has 0 aromatic carbocycles. The minimum Gasteiger partial charge on any atom is -0.297 e. The molecule has 0 bridgehead atoms. The lowest BCUT2D eigenvalue weighted by atomic mass is 9.87. The van der Waals surface area contributed by atoms with Gasteiger partial charge in [-0.2, -0.15) is 0 Å². The fraction of sp³-hybridized carbons (Fsp3) is 0.692. The van der Waals surface area contributed by atoms with Gasteiger partial charge in [0.05, 0.1) is 5.69 Å². The predicted molar refractivity (Wildman–Crippen MR) is 76.6 cm³/mol. The molecule has 1 aromatic heterocycles. The van der Waals surface area contributed by atoms with Crippen LogP contribution in [0, 0.1) is 11.8 Å². The van der Waals surface area contributed by atoms with Crippen molar-refractivity contribution in [2.45, 2.75) is 33.2 Å². The summed E-state index contributed by atoms with van der Waals surface area (Å²) in [5.41, 5.74) is 3.08. The summed E-state index contributed by atoms with van der Waals surface area (Å²) in [4.78, 5) is 18.1. The molecule has 3 N–H and O–H groups in total. The number of nitrogens with one attached hydrogen (secondary N) is 1. The summed E-state index contributed by atoms with van der Waals surface area (Å²) in [6.07, 6.45) is 2.52. The van der Waals surface area contributed by atoms with Crippen molar-refractivity contribution in [3.63, 3.8) is 0 Å². The Labute approximate surface area is 118 Å². The van der Waals surface area contributed by atoms with Crippen molar-refractivity contribution in [3.8, 4) is 0 Å². The zero-order valence-corrected chi connectivity index (χ0v) is 12.4. The lowest BCUT2D eigenvalue weighted by Gasteiger charge is -2.33. The molecule has 1 amide bonds. The van der Waals surface area contributed by atoms with Crippen LogP contribution in [-0.2, 0) is 6.54 Å².